The summed E-state index contributed by atoms with van der Waals surface area (Å²) in [6.45, 7) is 12.1. The molecule has 3 heteroatoms. The predicted molar refractivity (Wildman–Crippen MR) is 103 cm³/mol. The minimum Gasteiger partial charge on any atom is -0.496 e. The van der Waals surface area contributed by atoms with Gasteiger partial charge in [-0.3, -0.25) is 4.90 Å². The number of nitrogens with zero attached hydrogens (tertiary/aromatic N) is 2. The first-order chi connectivity index (χ1) is 12.1. The van der Waals surface area contributed by atoms with Crippen molar-refractivity contribution in [3.63, 3.8) is 0 Å². The van der Waals surface area contributed by atoms with E-state index in [1.54, 1.807) is 7.11 Å². The summed E-state index contributed by atoms with van der Waals surface area (Å²) in [7, 11) is 1.77. The van der Waals surface area contributed by atoms with Crippen LogP contribution in [-0.4, -0.2) is 49.6 Å². The average molecular weight is 343 g/mol. The van der Waals surface area contributed by atoms with Crippen molar-refractivity contribution in [1.82, 2.24) is 9.80 Å². The molecule has 138 valence electrons. The van der Waals surface area contributed by atoms with Gasteiger partial charge in [-0.05, 0) is 93.1 Å². The van der Waals surface area contributed by atoms with Gasteiger partial charge in [0, 0.05) is 26.2 Å². The summed E-state index contributed by atoms with van der Waals surface area (Å²) in [5.41, 5.74) is 4.74. The highest BCUT2D eigenvalue weighted by Gasteiger charge is 2.42. The van der Waals surface area contributed by atoms with Gasteiger partial charge in [-0.15, -0.1) is 0 Å². The van der Waals surface area contributed by atoms with Gasteiger partial charge in [-0.25, -0.2) is 0 Å². The zero-order valence-electron chi connectivity index (χ0n) is 16.3. The minimum absolute atomic E-state index is 0.572. The van der Waals surface area contributed by atoms with Crippen molar-refractivity contribution in [2.24, 2.45) is 11.3 Å². The first-order valence-electron chi connectivity index (χ1n) is 10.2. The Kier molecular flexibility index (Phi) is 4.81. The summed E-state index contributed by atoms with van der Waals surface area (Å²) in [4.78, 5) is 5.49. The quantitative estimate of drug-likeness (QED) is 0.804. The van der Waals surface area contributed by atoms with E-state index in [0.29, 0.717) is 5.41 Å². The molecule has 25 heavy (non-hydrogen) atoms. The van der Waals surface area contributed by atoms with E-state index >= 15 is 0 Å². The summed E-state index contributed by atoms with van der Waals surface area (Å²) in [6.07, 6.45) is 7.19. The lowest BCUT2D eigenvalue weighted by Crippen LogP contribution is -2.45. The van der Waals surface area contributed by atoms with Crippen LogP contribution in [-0.2, 0) is 6.54 Å². The maximum absolute atomic E-state index is 5.47. The first-order valence-corrected chi connectivity index (χ1v) is 10.2. The maximum atomic E-state index is 5.47. The van der Waals surface area contributed by atoms with Gasteiger partial charge in [0.15, 0.2) is 0 Å². The van der Waals surface area contributed by atoms with Crippen LogP contribution in [0, 0.1) is 25.2 Å². The molecule has 1 unspecified atom stereocenters. The molecule has 0 aromatic heterocycles. The smallest absolute Gasteiger partial charge is 0.122 e. The Bertz CT molecular complexity index is 625. The van der Waals surface area contributed by atoms with Gasteiger partial charge in [-0.1, -0.05) is 6.07 Å². The molecule has 1 spiro atoms. The third kappa shape index (κ3) is 3.73. The highest BCUT2D eigenvalue weighted by Crippen LogP contribution is 2.41. The predicted octanol–water partition coefficient (Wildman–Crippen LogP) is 4.01. The lowest BCUT2D eigenvalue weighted by atomic mass is 9.79. The van der Waals surface area contributed by atoms with Crippen molar-refractivity contribution >= 4 is 0 Å². The minimum atomic E-state index is 0.572. The van der Waals surface area contributed by atoms with Crippen LogP contribution >= 0.6 is 0 Å². The SMILES string of the molecule is COc1ccc(CN2CCC3(CCCN(CC4CC4)C3)C2)c(C)c1C. The second-order valence-corrected chi connectivity index (χ2v) is 8.92. The molecular weight excluding hydrogens is 308 g/mol. The van der Waals surface area contributed by atoms with E-state index in [-0.39, 0.29) is 0 Å². The fourth-order valence-corrected chi connectivity index (χ4v) is 5.11. The highest BCUT2D eigenvalue weighted by molar-refractivity contribution is 5.43. The van der Waals surface area contributed by atoms with Gasteiger partial charge in [0.2, 0.25) is 0 Å². The maximum Gasteiger partial charge on any atom is 0.122 e. The Labute approximate surface area is 153 Å². The molecule has 4 rings (SSSR count). The van der Waals surface area contributed by atoms with Crippen molar-refractivity contribution in [3.05, 3.63) is 28.8 Å². The van der Waals surface area contributed by atoms with Crippen LogP contribution in [0.15, 0.2) is 12.1 Å². The Balaban J connectivity index is 1.39. The molecule has 0 radical (unpaired) electrons. The number of ether oxygens (including phenoxy) is 1. The summed E-state index contributed by atoms with van der Waals surface area (Å²) in [5, 5.41) is 0. The first kappa shape index (κ1) is 17.4. The monoisotopic (exact) mass is 342 g/mol. The molecule has 2 saturated heterocycles. The lowest BCUT2D eigenvalue weighted by molar-refractivity contribution is 0.0884. The van der Waals surface area contributed by atoms with Gasteiger partial charge >= 0.3 is 0 Å². The number of rotatable bonds is 5. The fraction of sp³-hybridized carbons (Fsp3) is 0.727. The Hall–Kier alpha value is -1.06. The van der Waals surface area contributed by atoms with Gasteiger partial charge < -0.3 is 9.64 Å². The Morgan fingerprint density at radius 2 is 1.84 bits per heavy atom. The molecule has 3 aliphatic rings. The topological polar surface area (TPSA) is 15.7 Å². The lowest BCUT2D eigenvalue weighted by Gasteiger charge is -2.40. The van der Waals surface area contributed by atoms with E-state index in [4.69, 9.17) is 4.74 Å². The van der Waals surface area contributed by atoms with E-state index in [1.165, 1.54) is 81.5 Å². The van der Waals surface area contributed by atoms with Crippen molar-refractivity contribution in [2.75, 3.05) is 39.8 Å². The number of hydrogen-bond acceptors (Lipinski definition) is 3. The normalized spacial score (nSPS) is 28.0. The van der Waals surface area contributed by atoms with Gasteiger partial charge in [0.25, 0.3) is 0 Å². The molecule has 2 aliphatic heterocycles. The standard InChI is InChI=1S/C22H34N2O/c1-17-18(2)21(25-3)8-7-20(17)14-24-12-10-22(16-24)9-4-11-23(15-22)13-19-5-6-19/h7-8,19H,4-6,9-16H2,1-3H3. The zero-order valence-corrected chi connectivity index (χ0v) is 16.3. The van der Waals surface area contributed by atoms with E-state index in [1.807, 2.05) is 0 Å². The van der Waals surface area contributed by atoms with Crippen LogP contribution < -0.4 is 4.74 Å². The molecule has 1 aromatic carbocycles. The molecule has 3 nitrogen and oxygen atoms in total. The molecule has 0 bridgehead atoms. The molecule has 1 atom stereocenters. The average Bonchev–Trinajstić information content (AvgIpc) is 3.34. The third-order valence-corrected chi connectivity index (χ3v) is 6.93. The van der Waals surface area contributed by atoms with Crippen molar-refractivity contribution < 1.29 is 4.74 Å². The largest absolute Gasteiger partial charge is 0.496 e. The Morgan fingerprint density at radius 1 is 1.04 bits per heavy atom. The molecule has 0 amide bonds. The van der Waals surface area contributed by atoms with Crippen molar-refractivity contribution in [2.45, 2.75) is 52.5 Å². The second kappa shape index (κ2) is 6.92. The Morgan fingerprint density at radius 3 is 2.60 bits per heavy atom. The molecule has 1 saturated carbocycles. The van der Waals surface area contributed by atoms with E-state index in [9.17, 15) is 0 Å². The third-order valence-electron chi connectivity index (χ3n) is 6.93. The molecule has 0 N–H and O–H groups in total. The van der Waals surface area contributed by atoms with Gasteiger partial charge in [-0.2, -0.15) is 0 Å². The number of hydrogen-bond donors (Lipinski definition) is 0. The van der Waals surface area contributed by atoms with Crippen LogP contribution in [0.5, 0.6) is 5.75 Å². The number of methoxy groups -OCH3 is 1. The van der Waals surface area contributed by atoms with Crippen LogP contribution in [0.1, 0.15) is 48.8 Å². The molecule has 1 aromatic rings. The molecular formula is C22H34N2O. The van der Waals surface area contributed by atoms with Crippen molar-refractivity contribution in [1.29, 1.82) is 0 Å². The fourth-order valence-electron chi connectivity index (χ4n) is 5.11. The van der Waals surface area contributed by atoms with Crippen LogP contribution in [0.4, 0.5) is 0 Å². The van der Waals surface area contributed by atoms with E-state index in [0.717, 1.165) is 18.2 Å². The van der Waals surface area contributed by atoms with Crippen molar-refractivity contribution in [3.8, 4) is 5.75 Å². The molecule has 1 aliphatic carbocycles. The van der Waals surface area contributed by atoms with Crippen LogP contribution in [0.25, 0.3) is 0 Å². The van der Waals surface area contributed by atoms with Crippen LogP contribution in [0.2, 0.25) is 0 Å². The van der Waals surface area contributed by atoms with Crippen LogP contribution in [0.3, 0.4) is 0 Å². The van der Waals surface area contributed by atoms with E-state index in [2.05, 4.69) is 35.8 Å². The molecule has 3 fully saturated rings. The van der Waals surface area contributed by atoms with Gasteiger partial charge in [0.1, 0.15) is 5.75 Å². The number of piperidine rings is 1. The molecule has 2 heterocycles. The number of benzene rings is 1. The zero-order chi connectivity index (χ0) is 17.4. The van der Waals surface area contributed by atoms with E-state index < -0.39 is 0 Å². The summed E-state index contributed by atoms with van der Waals surface area (Å²) in [5.74, 6) is 2.04. The highest BCUT2D eigenvalue weighted by atomic mass is 16.5. The summed E-state index contributed by atoms with van der Waals surface area (Å²) < 4.78 is 5.47. The summed E-state index contributed by atoms with van der Waals surface area (Å²) >= 11 is 0. The second-order valence-electron chi connectivity index (χ2n) is 8.92. The summed E-state index contributed by atoms with van der Waals surface area (Å²) in [6, 6.07) is 4.41. The van der Waals surface area contributed by atoms with Gasteiger partial charge in [0.05, 0.1) is 7.11 Å². The number of likely N-dealkylation sites (tertiary alicyclic amines) is 2.